The molecule has 0 spiro atoms. The van der Waals surface area contributed by atoms with Crippen LogP contribution in [-0.4, -0.2) is 115 Å². The summed E-state index contributed by atoms with van der Waals surface area (Å²) in [7, 11) is 3.88. The number of carbonyl (C=O) groups excluding carboxylic acids is 1. The molecule has 10 nitrogen and oxygen atoms in total. The monoisotopic (exact) mass is 522 g/mol. The van der Waals surface area contributed by atoms with Crippen LogP contribution in [0, 0.1) is 0 Å². The van der Waals surface area contributed by atoms with Gasteiger partial charge in [0.2, 0.25) is 5.91 Å². The molecule has 1 amide bonds. The lowest BCUT2D eigenvalue weighted by Gasteiger charge is -2.43. The number of aromatic nitrogens is 2. The second-order valence-corrected chi connectivity index (χ2v) is 11.3. The third kappa shape index (κ3) is 5.01. The highest BCUT2D eigenvalue weighted by atomic mass is 32.1. The molecule has 0 bridgehead atoms. The van der Waals surface area contributed by atoms with E-state index in [9.17, 15) is 4.79 Å². The number of ether oxygens (including phenoxy) is 1. The van der Waals surface area contributed by atoms with Crippen molar-refractivity contribution in [2.24, 2.45) is 4.99 Å². The average Bonchev–Trinajstić information content (AvgIpc) is 3.55. The number of hydrazine groups is 1. The van der Waals surface area contributed by atoms with Gasteiger partial charge in [0.15, 0.2) is 6.17 Å². The minimum absolute atomic E-state index is 0.152. The number of aliphatic imine (C=N–C) groups is 1. The van der Waals surface area contributed by atoms with E-state index in [0.29, 0.717) is 19.8 Å². The zero-order valence-electron chi connectivity index (χ0n) is 21.5. The van der Waals surface area contributed by atoms with Gasteiger partial charge in [-0.15, -0.1) is 11.3 Å². The predicted molar refractivity (Wildman–Crippen MR) is 146 cm³/mol. The first-order valence-corrected chi connectivity index (χ1v) is 13.7. The SMILES string of the molecule is CN(C)CC(=O)N1CCN(Cc2cc3c(s2)C=NC(c2cccc4[nH]ncc24)N3N2CCOCC2)CC1. The Morgan fingerprint density at radius 2 is 1.97 bits per heavy atom. The van der Waals surface area contributed by atoms with E-state index in [0.717, 1.165) is 62.3 Å². The number of H-pyrrole nitrogens is 1. The lowest BCUT2D eigenvalue weighted by atomic mass is 10.1. The third-order valence-corrected chi connectivity index (χ3v) is 8.29. The number of rotatable bonds is 6. The minimum atomic E-state index is -0.152. The van der Waals surface area contributed by atoms with Crippen LogP contribution in [-0.2, 0) is 16.1 Å². The van der Waals surface area contributed by atoms with Crippen molar-refractivity contribution < 1.29 is 9.53 Å². The van der Waals surface area contributed by atoms with Crippen molar-refractivity contribution in [2.45, 2.75) is 12.7 Å². The molecule has 196 valence electrons. The van der Waals surface area contributed by atoms with Crippen molar-refractivity contribution in [2.75, 3.05) is 78.1 Å². The Morgan fingerprint density at radius 1 is 1.16 bits per heavy atom. The van der Waals surface area contributed by atoms with Crippen molar-refractivity contribution in [3.8, 4) is 0 Å². The Morgan fingerprint density at radius 3 is 2.76 bits per heavy atom. The molecule has 1 atom stereocenters. The van der Waals surface area contributed by atoms with Gasteiger partial charge in [-0.25, -0.2) is 5.01 Å². The van der Waals surface area contributed by atoms with E-state index in [1.165, 1.54) is 15.4 Å². The average molecular weight is 523 g/mol. The number of carbonyl (C=O) groups is 1. The van der Waals surface area contributed by atoms with E-state index in [1.807, 2.05) is 47.6 Å². The molecule has 2 saturated heterocycles. The van der Waals surface area contributed by atoms with Gasteiger partial charge in [0.25, 0.3) is 0 Å². The fraction of sp³-hybridized carbons (Fsp3) is 0.500. The molecule has 3 aromatic rings. The third-order valence-electron chi connectivity index (χ3n) is 7.25. The number of nitrogens with one attached hydrogen (secondary N) is 1. The van der Waals surface area contributed by atoms with Crippen LogP contribution in [0.2, 0.25) is 0 Å². The fourth-order valence-electron chi connectivity index (χ4n) is 5.38. The summed E-state index contributed by atoms with van der Waals surface area (Å²) >= 11 is 1.82. The topological polar surface area (TPSA) is 83.5 Å². The van der Waals surface area contributed by atoms with Crippen LogP contribution in [0.3, 0.4) is 0 Å². The number of hydrogen-bond donors (Lipinski definition) is 1. The van der Waals surface area contributed by atoms with Crippen LogP contribution in [0.5, 0.6) is 0 Å². The molecule has 1 N–H and O–H groups in total. The molecule has 2 aromatic heterocycles. The molecule has 0 saturated carbocycles. The Kier molecular flexibility index (Phi) is 6.96. The Bertz CT molecular complexity index is 1270. The molecular weight excluding hydrogens is 488 g/mol. The highest BCUT2D eigenvalue weighted by Crippen LogP contribution is 2.41. The summed E-state index contributed by atoms with van der Waals surface area (Å²) in [4.78, 5) is 26.4. The number of hydrogen-bond acceptors (Lipinski definition) is 9. The lowest BCUT2D eigenvalue weighted by Crippen LogP contribution is -2.51. The van der Waals surface area contributed by atoms with E-state index in [2.05, 4.69) is 49.4 Å². The van der Waals surface area contributed by atoms with Gasteiger partial charge in [-0.05, 0) is 26.2 Å². The summed E-state index contributed by atoms with van der Waals surface area (Å²) < 4.78 is 5.67. The van der Waals surface area contributed by atoms with Gasteiger partial charge in [-0.3, -0.25) is 24.8 Å². The maximum absolute atomic E-state index is 12.4. The molecule has 3 aliphatic rings. The number of fused-ring (bicyclic) bond motifs is 2. The van der Waals surface area contributed by atoms with Crippen LogP contribution < -0.4 is 5.01 Å². The number of aromatic amines is 1. The van der Waals surface area contributed by atoms with Crippen LogP contribution in [0.4, 0.5) is 5.69 Å². The number of likely N-dealkylation sites (N-methyl/N-ethyl adjacent to an activating group) is 1. The summed E-state index contributed by atoms with van der Waals surface area (Å²) in [5, 5.41) is 13.2. The van der Waals surface area contributed by atoms with Crippen LogP contribution in [0.1, 0.15) is 21.5 Å². The van der Waals surface area contributed by atoms with Crippen molar-refractivity contribution in [1.82, 2.24) is 29.9 Å². The van der Waals surface area contributed by atoms with Gasteiger partial charge in [-0.2, -0.15) is 5.10 Å². The van der Waals surface area contributed by atoms with Crippen molar-refractivity contribution in [3.63, 3.8) is 0 Å². The largest absolute Gasteiger partial charge is 0.379 e. The summed E-state index contributed by atoms with van der Waals surface area (Å²) in [6, 6.07) is 8.62. The molecule has 2 fully saturated rings. The van der Waals surface area contributed by atoms with E-state index in [4.69, 9.17) is 9.73 Å². The molecule has 1 unspecified atom stereocenters. The lowest BCUT2D eigenvalue weighted by molar-refractivity contribution is -0.133. The molecule has 1 aromatic carbocycles. The van der Waals surface area contributed by atoms with E-state index >= 15 is 0 Å². The van der Waals surface area contributed by atoms with E-state index in [1.54, 1.807) is 0 Å². The normalized spacial score (nSPS) is 21.2. The number of nitrogens with zero attached hydrogens (tertiary/aromatic N) is 7. The first-order chi connectivity index (χ1) is 18.1. The number of benzene rings is 1. The first kappa shape index (κ1) is 24.5. The highest BCUT2D eigenvalue weighted by molar-refractivity contribution is 7.14. The Labute approximate surface area is 221 Å². The quantitative estimate of drug-likeness (QED) is 0.530. The smallest absolute Gasteiger partial charge is 0.236 e. The zero-order valence-corrected chi connectivity index (χ0v) is 22.3. The molecule has 0 aliphatic carbocycles. The number of amides is 1. The predicted octanol–water partition coefficient (Wildman–Crippen LogP) is 2.02. The maximum atomic E-state index is 12.4. The number of piperazine rings is 1. The highest BCUT2D eigenvalue weighted by Gasteiger charge is 2.34. The number of anilines is 1. The summed E-state index contributed by atoms with van der Waals surface area (Å²) in [5.74, 6) is 0.215. The molecular formula is C26H34N8O2S. The molecule has 0 radical (unpaired) electrons. The van der Waals surface area contributed by atoms with Gasteiger partial charge in [-0.1, -0.05) is 12.1 Å². The van der Waals surface area contributed by atoms with Gasteiger partial charge in [0.05, 0.1) is 42.0 Å². The van der Waals surface area contributed by atoms with Crippen LogP contribution >= 0.6 is 11.3 Å². The van der Waals surface area contributed by atoms with Crippen LogP contribution in [0.25, 0.3) is 10.9 Å². The molecule has 6 rings (SSSR count). The molecule has 5 heterocycles. The van der Waals surface area contributed by atoms with Gasteiger partial charge >= 0.3 is 0 Å². The Balaban J connectivity index is 1.23. The van der Waals surface area contributed by atoms with E-state index in [-0.39, 0.29) is 12.1 Å². The summed E-state index contributed by atoms with van der Waals surface area (Å²) in [5.41, 5.74) is 3.38. The maximum Gasteiger partial charge on any atom is 0.236 e. The number of thiophene rings is 1. The Hall–Kier alpha value is -2.83. The van der Waals surface area contributed by atoms with Crippen LogP contribution in [0.15, 0.2) is 35.5 Å². The second kappa shape index (κ2) is 10.5. The van der Waals surface area contributed by atoms with Crippen molar-refractivity contribution in [1.29, 1.82) is 0 Å². The van der Waals surface area contributed by atoms with Gasteiger partial charge in [0.1, 0.15) is 0 Å². The molecule has 3 aliphatic heterocycles. The van der Waals surface area contributed by atoms with E-state index < -0.39 is 0 Å². The standard InChI is InChI=1S/C26H34N8O2S/c1-30(2)18-25(35)32-8-6-31(7-9-32)17-19-14-23-24(37-19)16-27-26(34(23)33-10-12-36-13-11-33)20-4-3-5-22-21(20)15-28-29-22/h3-5,14-16,26H,6-13,17-18H2,1-2H3,(H,28,29). The van der Waals surface area contributed by atoms with Crippen molar-refractivity contribution >= 4 is 40.0 Å². The fourth-order valence-corrected chi connectivity index (χ4v) is 6.45. The molecule has 11 heteroatoms. The summed E-state index contributed by atoms with van der Waals surface area (Å²) in [6.45, 7) is 7.83. The number of morpholine rings is 1. The van der Waals surface area contributed by atoms with Gasteiger partial charge in [0, 0.05) is 67.9 Å². The molecule has 37 heavy (non-hydrogen) atoms. The zero-order chi connectivity index (χ0) is 25.4. The van der Waals surface area contributed by atoms with Gasteiger partial charge < -0.3 is 14.5 Å². The first-order valence-electron chi connectivity index (χ1n) is 12.9. The minimum Gasteiger partial charge on any atom is -0.379 e. The summed E-state index contributed by atoms with van der Waals surface area (Å²) in [6.07, 6.45) is 3.79. The second-order valence-electron chi connectivity index (χ2n) is 10.1. The van der Waals surface area contributed by atoms with Crippen molar-refractivity contribution in [3.05, 3.63) is 45.8 Å².